The third-order valence-electron chi connectivity index (χ3n) is 5.54. The molecular formula is C19H24FN9. The predicted octanol–water partition coefficient (Wildman–Crippen LogP) is 2.89. The Labute approximate surface area is 169 Å². The van der Waals surface area contributed by atoms with E-state index >= 15 is 0 Å². The van der Waals surface area contributed by atoms with Crippen molar-refractivity contribution in [3.8, 4) is 12.1 Å². The van der Waals surface area contributed by atoms with E-state index in [1.165, 1.54) is 0 Å². The van der Waals surface area contributed by atoms with Crippen molar-refractivity contribution in [1.29, 1.82) is 10.5 Å². The number of aromatic nitrogens is 4. The topological polar surface area (TPSA) is 129 Å². The zero-order valence-corrected chi connectivity index (χ0v) is 17.1. The number of rotatable bonds is 4. The third-order valence-corrected chi connectivity index (χ3v) is 5.54. The first kappa shape index (κ1) is 20.5. The van der Waals surface area contributed by atoms with Gasteiger partial charge in [-0.3, -0.25) is 10.2 Å². The monoisotopic (exact) mass is 397 g/mol. The highest BCUT2D eigenvalue weighted by Crippen LogP contribution is 2.38. The molecule has 0 aromatic carbocycles. The molecule has 1 saturated heterocycles. The van der Waals surface area contributed by atoms with E-state index in [1.807, 2.05) is 12.1 Å². The maximum Gasteiger partial charge on any atom is 0.231 e. The fourth-order valence-electron chi connectivity index (χ4n) is 3.90. The van der Waals surface area contributed by atoms with Crippen LogP contribution in [0, 0.1) is 28.5 Å². The second kappa shape index (κ2) is 7.30. The molecule has 1 aliphatic rings. The number of aromatic amines is 1. The summed E-state index contributed by atoms with van der Waals surface area (Å²) < 4.78 is 14.4. The van der Waals surface area contributed by atoms with Gasteiger partial charge in [-0.1, -0.05) is 0 Å². The van der Waals surface area contributed by atoms with Crippen LogP contribution in [-0.4, -0.2) is 49.0 Å². The van der Waals surface area contributed by atoms with Crippen molar-refractivity contribution in [3.05, 3.63) is 23.4 Å². The van der Waals surface area contributed by atoms with Crippen LogP contribution in [0.5, 0.6) is 0 Å². The molecule has 0 radical (unpaired) electrons. The van der Waals surface area contributed by atoms with E-state index < -0.39 is 5.82 Å². The number of halogens is 1. The van der Waals surface area contributed by atoms with Gasteiger partial charge in [0, 0.05) is 17.1 Å². The lowest BCUT2D eigenvalue weighted by Gasteiger charge is -2.53. The number of nitrogens with zero attached hydrogens (tertiary/aromatic N) is 6. The molecule has 2 aromatic rings. The number of hydrogen-bond acceptors (Lipinski definition) is 8. The molecule has 2 aromatic heterocycles. The summed E-state index contributed by atoms with van der Waals surface area (Å²) in [5.74, 6) is -0.225. The number of nitriles is 2. The lowest BCUT2D eigenvalue weighted by Crippen LogP contribution is -2.61. The van der Waals surface area contributed by atoms with E-state index in [0.717, 1.165) is 19.0 Å². The molecule has 0 atom stereocenters. The van der Waals surface area contributed by atoms with E-state index in [0.29, 0.717) is 0 Å². The minimum atomic E-state index is -0.556. The Bertz CT molecular complexity index is 947. The van der Waals surface area contributed by atoms with Gasteiger partial charge in [0.25, 0.3) is 0 Å². The fraction of sp³-hybridized carbons (Fsp3) is 0.526. The molecule has 0 unspecified atom stereocenters. The summed E-state index contributed by atoms with van der Waals surface area (Å²) in [6.45, 7) is 8.68. The van der Waals surface area contributed by atoms with Crippen molar-refractivity contribution < 1.29 is 4.39 Å². The van der Waals surface area contributed by atoms with Crippen LogP contribution in [0.15, 0.2) is 6.20 Å². The van der Waals surface area contributed by atoms with Gasteiger partial charge in [0.15, 0.2) is 23.0 Å². The number of imidazole rings is 1. The second-order valence-electron chi connectivity index (χ2n) is 8.48. The maximum atomic E-state index is 14.4. The predicted molar refractivity (Wildman–Crippen MR) is 106 cm³/mol. The first-order valence-electron chi connectivity index (χ1n) is 9.26. The molecule has 1 aliphatic heterocycles. The molecule has 3 heterocycles. The van der Waals surface area contributed by atoms with Gasteiger partial charge in [-0.05, 0) is 47.6 Å². The molecule has 0 spiro atoms. The average Bonchev–Trinajstić information content (AvgIpc) is 3.04. The SMILES string of the molecule is CN1C(C)(C)CC(Nc2nc(Nc3nc(C#N)c(C#N)[nH]3)ncc2F)CC1(C)C. The molecule has 0 aliphatic carbocycles. The van der Waals surface area contributed by atoms with Gasteiger partial charge in [-0.2, -0.15) is 15.5 Å². The largest absolute Gasteiger partial charge is 0.365 e. The van der Waals surface area contributed by atoms with Crippen molar-refractivity contribution in [1.82, 2.24) is 24.8 Å². The molecule has 10 heteroatoms. The minimum absolute atomic E-state index is 0.0336. The molecule has 3 rings (SSSR count). The minimum Gasteiger partial charge on any atom is -0.365 e. The van der Waals surface area contributed by atoms with Crippen LogP contribution in [0.2, 0.25) is 0 Å². The summed E-state index contributed by atoms with van der Waals surface area (Å²) >= 11 is 0. The van der Waals surface area contributed by atoms with Gasteiger partial charge in [0.05, 0.1) is 6.20 Å². The summed E-state index contributed by atoms with van der Waals surface area (Å²) in [7, 11) is 2.11. The number of nitrogens with one attached hydrogen (secondary N) is 3. The summed E-state index contributed by atoms with van der Waals surface area (Å²) in [5.41, 5.74) is -0.114. The van der Waals surface area contributed by atoms with Crippen LogP contribution >= 0.6 is 0 Å². The standard InChI is InChI=1S/C19H24FN9/c1-18(2)6-11(7-19(3,4)29(18)5)24-15-12(20)10-23-16(27-15)28-17-25-13(8-21)14(9-22)26-17/h10-11H,6-7H2,1-5H3,(H3,23,24,25,26,27,28). The summed E-state index contributed by atoms with van der Waals surface area (Å²) in [6, 6.07) is 3.71. The number of likely N-dealkylation sites (tertiary alicyclic amines) is 1. The molecule has 0 bridgehead atoms. The van der Waals surface area contributed by atoms with E-state index in [4.69, 9.17) is 10.5 Å². The van der Waals surface area contributed by atoms with Gasteiger partial charge in [0.1, 0.15) is 12.1 Å². The first-order valence-corrected chi connectivity index (χ1v) is 9.26. The zero-order chi connectivity index (χ0) is 21.4. The Morgan fingerprint density at radius 3 is 2.38 bits per heavy atom. The van der Waals surface area contributed by atoms with Gasteiger partial charge in [-0.15, -0.1) is 0 Å². The molecule has 3 N–H and O–H groups in total. The Morgan fingerprint density at radius 1 is 1.17 bits per heavy atom. The molecule has 1 fully saturated rings. The van der Waals surface area contributed by atoms with Crippen LogP contribution in [0.4, 0.5) is 22.1 Å². The number of hydrogen-bond donors (Lipinski definition) is 3. The fourth-order valence-corrected chi connectivity index (χ4v) is 3.90. The van der Waals surface area contributed by atoms with Crippen molar-refractivity contribution in [2.45, 2.75) is 57.7 Å². The van der Waals surface area contributed by atoms with Gasteiger partial charge in [0.2, 0.25) is 11.9 Å². The van der Waals surface area contributed by atoms with Crippen LogP contribution in [0.25, 0.3) is 0 Å². The number of H-pyrrole nitrogens is 1. The molecule has 9 nitrogen and oxygen atoms in total. The van der Waals surface area contributed by atoms with E-state index in [-0.39, 0.29) is 46.2 Å². The van der Waals surface area contributed by atoms with Crippen molar-refractivity contribution in [3.63, 3.8) is 0 Å². The Hall–Kier alpha value is -3.24. The molecule has 29 heavy (non-hydrogen) atoms. The van der Waals surface area contributed by atoms with Crippen molar-refractivity contribution in [2.75, 3.05) is 17.7 Å². The molecular weight excluding hydrogens is 373 g/mol. The van der Waals surface area contributed by atoms with Crippen LogP contribution in [0.1, 0.15) is 51.9 Å². The van der Waals surface area contributed by atoms with Crippen molar-refractivity contribution >= 4 is 17.7 Å². The summed E-state index contributed by atoms with van der Waals surface area (Å²) in [5, 5.41) is 24.0. The molecule has 0 saturated carbocycles. The van der Waals surface area contributed by atoms with E-state index in [1.54, 1.807) is 0 Å². The quantitative estimate of drug-likeness (QED) is 0.718. The Morgan fingerprint density at radius 2 is 1.83 bits per heavy atom. The highest BCUT2D eigenvalue weighted by molar-refractivity contribution is 5.51. The van der Waals surface area contributed by atoms with Gasteiger partial charge >= 0.3 is 0 Å². The van der Waals surface area contributed by atoms with Crippen LogP contribution in [0.3, 0.4) is 0 Å². The van der Waals surface area contributed by atoms with Crippen molar-refractivity contribution in [2.24, 2.45) is 0 Å². The lowest BCUT2D eigenvalue weighted by atomic mass is 9.77. The number of anilines is 3. The van der Waals surface area contributed by atoms with E-state index in [2.05, 4.69) is 70.2 Å². The highest BCUT2D eigenvalue weighted by atomic mass is 19.1. The second-order valence-corrected chi connectivity index (χ2v) is 8.48. The molecule has 152 valence electrons. The van der Waals surface area contributed by atoms with Gasteiger partial charge < -0.3 is 10.3 Å². The third kappa shape index (κ3) is 4.13. The summed E-state index contributed by atoms with van der Waals surface area (Å²) in [6.07, 6.45) is 2.73. The van der Waals surface area contributed by atoms with E-state index in [9.17, 15) is 4.39 Å². The number of piperidine rings is 1. The first-order chi connectivity index (χ1) is 13.6. The molecule has 0 amide bonds. The van der Waals surface area contributed by atoms with Gasteiger partial charge in [-0.25, -0.2) is 14.4 Å². The average molecular weight is 397 g/mol. The summed E-state index contributed by atoms with van der Waals surface area (Å²) in [4.78, 5) is 17.1. The van der Waals surface area contributed by atoms with Crippen LogP contribution in [-0.2, 0) is 0 Å². The zero-order valence-electron chi connectivity index (χ0n) is 17.1. The van der Waals surface area contributed by atoms with Crippen LogP contribution < -0.4 is 10.6 Å². The lowest BCUT2D eigenvalue weighted by molar-refractivity contribution is -0.00778. The Kier molecular flexibility index (Phi) is 5.16. The smallest absolute Gasteiger partial charge is 0.231 e. The Balaban J connectivity index is 1.80. The normalized spacial score (nSPS) is 18.6. The maximum absolute atomic E-state index is 14.4. The highest BCUT2D eigenvalue weighted by Gasteiger charge is 2.43.